The molecular weight excluding hydrogens is 288 g/mol. The van der Waals surface area contributed by atoms with E-state index in [2.05, 4.69) is 4.72 Å². The first-order chi connectivity index (χ1) is 10.0. The molecule has 0 saturated heterocycles. The summed E-state index contributed by atoms with van der Waals surface area (Å²) < 4.78 is 32.2. The molecule has 0 spiro atoms. The summed E-state index contributed by atoms with van der Waals surface area (Å²) in [4.78, 5) is 0.192. The average molecular weight is 312 g/mol. The van der Waals surface area contributed by atoms with Crippen LogP contribution in [0.3, 0.4) is 0 Å². The quantitative estimate of drug-likeness (QED) is 0.791. The van der Waals surface area contributed by atoms with Gasteiger partial charge < -0.3 is 10.5 Å². The number of nitrogens with two attached hydrogens (primary N) is 1. The highest BCUT2D eigenvalue weighted by Gasteiger charge is 2.17. The highest BCUT2D eigenvalue weighted by Crippen LogP contribution is 2.28. The summed E-state index contributed by atoms with van der Waals surface area (Å²) in [6.45, 7) is 2.70. The molecule has 1 saturated carbocycles. The van der Waals surface area contributed by atoms with Gasteiger partial charge in [-0.15, -0.1) is 0 Å². The molecule has 0 heterocycles. The number of nitrogens with one attached hydrogen (secondary N) is 1. The molecule has 1 fully saturated rings. The van der Waals surface area contributed by atoms with Crippen molar-refractivity contribution in [2.24, 2.45) is 5.92 Å². The van der Waals surface area contributed by atoms with Crippen LogP contribution in [0.5, 0.6) is 5.75 Å². The number of anilines is 1. The third-order valence-corrected chi connectivity index (χ3v) is 5.37. The third-order valence-electron chi connectivity index (χ3n) is 3.83. The van der Waals surface area contributed by atoms with E-state index in [0.29, 0.717) is 30.5 Å². The lowest BCUT2D eigenvalue weighted by Crippen LogP contribution is -2.23. The van der Waals surface area contributed by atoms with E-state index in [4.69, 9.17) is 10.5 Å². The fraction of sp³-hybridized carbons (Fsp3) is 0.600. The molecule has 1 aromatic rings. The second kappa shape index (κ2) is 7.13. The van der Waals surface area contributed by atoms with Gasteiger partial charge in [0.1, 0.15) is 5.75 Å². The molecular formula is C15H24N2O3S. The first kappa shape index (κ1) is 16.1. The van der Waals surface area contributed by atoms with E-state index < -0.39 is 10.0 Å². The summed E-state index contributed by atoms with van der Waals surface area (Å²) in [6, 6.07) is 4.59. The van der Waals surface area contributed by atoms with Gasteiger partial charge in [0.25, 0.3) is 0 Å². The van der Waals surface area contributed by atoms with E-state index in [1.54, 1.807) is 13.0 Å². The number of hydrogen-bond donors (Lipinski definition) is 2. The van der Waals surface area contributed by atoms with Crippen molar-refractivity contribution in [2.75, 3.05) is 18.9 Å². The second-order valence-electron chi connectivity index (χ2n) is 5.52. The summed E-state index contributed by atoms with van der Waals surface area (Å²) >= 11 is 0. The standard InChI is InChI=1S/C15H24N2O3S/c1-2-17-21(18,19)13-8-9-14(16)15(10-13)20-11-12-6-4-3-5-7-12/h8-10,12,17H,2-7,11,16H2,1H3. The van der Waals surface area contributed by atoms with Crippen molar-refractivity contribution in [2.45, 2.75) is 43.9 Å². The fourth-order valence-corrected chi connectivity index (χ4v) is 3.70. The Kier molecular flexibility index (Phi) is 5.47. The number of sulfonamides is 1. The molecule has 0 aromatic heterocycles. The van der Waals surface area contributed by atoms with Gasteiger partial charge in [-0.1, -0.05) is 26.2 Å². The van der Waals surface area contributed by atoms with Gasteiger partial charge >= 0.3 is 0 Å². The molecule has 2 rings (SSSR count). The van der Waals surface area contributed by atoms with Crippen molar-refractivity contribution >= 4 is 15.7 Å². The zero-order valence-electron chi connectivity index (χ0n) is 12.5. The van der Waals surface area contributed by atoms with Crippen LogP contribution in [0.1, 0.15) is 39.0 Å². The zero-order valence-corrected chi connectivity index (χ0v) is 13.3. The van der Waals surface area contributed by atoms with Crippen molar-refractivity contribution < 1.29 is 13.2 Å². The molecule has 0 aliphatic heterocycles. The molecule has 21 heavy (non-hydrogen) atoms. The van der Waals surface area contributed by atoms with Gasteiger partial charge in [-0.2, -0.15) is 0 Å². The molecule has 3 N–H and O–H groups in total. The fourth-order valence-electron chi connectivity index (χ4n) is 2.64. The summed E-state index contributed by atoms with van der Waals surface area (Å²) in [7, 11) is -3.48. The van der Waals surface area contributed by atoms with Crippen LogP contribution < -0.4 is 15.2 Å². The topological polar surface area (TPSA) is 81.4 Å². The van der Waals surface area contributed by atoms with E-state index in [9.17, 15) is 8.42 Å². The summed E-state index contributed by atoms with van der Waals surface area (Å²) in [5.41, 5.74) is 6.36. The van der Waals surface area contributed by atoms with Crippen molar-refractivity contribution in [1.82, 2.24) is 4.72 Å². The monoisotopic (exact) mass is 312 g/mol. The maximum atomic E-state index is 12.0. The van der Waals surface area contributed by atoms with Crippen LogP contribution in [0.2, 0.25) is 0 Å². The Bertz CT molecular complexity index is 566. The van der Waals surface area contributed by atoms with Crippen LogP contribution >= 0.6 is 0 Å². The maximum absolute atomic E-state index is 12.0. The molecule has 0 radical (unpaired) electrons. The van der Waals surface area contributed by atoms with Crippen molar-refractivity contribution in [3.63, 3.8) is 0 Å². The predicted octanol–water partition coefficient (Wildman–Crippen LogP) is 2.53. The highest BCUT2D eigenvalue weighted by molar-refractivity contribution is 7.89. The van der Waals surface area contributed by atoms with E-state index >= 15 is 0 Å². The van der Waals surface area contributed by atoms with Gasteiger partial charge in [-0.25, -0.2) is 13.1 Å². The molecule has 5 nitrogen and oxygen atoms in total. The largest absolute Gasteiger partial charge is 0.491 e. The van der Waals surface area contributed by atoms with Crippen LogP contribution in [0.4, 0.5) is 5.69 Å². The van der Waals surface area contributed by atoms with Gasteiger partial charge in [0.05, 0.1) is 17.2 Å². The number of hydrogen-bond acceptors (Lipinski definition) is 4. The van der Waals surface area contributed by atoms with E-state index in [1.807, 2.05) is 0 Å². The third kappa shape index (κ3) is 4.35. The van der Waals surface area contributed by atoms with Gasteiger partial charge in [0.2, 0.25) is 10.0 Å². The molecule has 6 heteroatoms. The van der Waals surface area contributed by atoms with Crippen LogP contribution in [-0.4, -0.2) is 21.6 Å². The van der Waals surface area contributed by atoms with Crippen LogP contribution in [0.15, 0.2) is 23.1 Å². The molecule has 1 aromatic carbocycles. The molecule has 1 aliphatic rings. The Hall–Kier alpha value is -1.27. The minimum absolute atomic E-state index is 0.192. The number of ether oxygens (including phenoxy) is 1. The van der Waals surface area contributed by atoms with E-state index in [1.165, 1.54) is 44.2 Å². The van der Waals surface area contributed by atoms with Crippen molar-refractivity contribution in [1.29, 1.82) is 0 Å². The molecule has 0 amide bonds. The smallest absolute Gasteiger partial charge is 0.240 e. The number of rotatable bonds is 6. The Balaban J connectivity index is 2.08. The van der Waals surface area contributed by atoms with Crippen molar-refractivity contribution in [3.8, 4) is 5.75 Å². The molecule has 0 atom stereocenters. The maximum Gasteiger partial charge on any atom is 0.240 e. The number of nitrogen functional groups attached to an aromatic ring is 1. The Morgan fingerprint density at radius 2 is 2.00 bits per heavy atom. The Morgan fingerprint density at radius 3 is 2.67 bits per heavy atom. The summed E-state index contributed by atoms with van der Waals surface area (Å²) in [5, 5.41) is 0. The molecule has 1 aliphatic carbocycles. The van der Waals surface area contributed by atoms with Crippen LogP contribution in [0, 0.1) is 5.92 Å². The van der Waals surface area contributed by atoms with Crippen LogP contribution in [-0.2, 0) is 10.0 Å². The summed E-state index contributed by atoms with van der Waals surface area (Å²) in [5.74, 6) is 1.01. The van der Waals surface area contributed by atoms with Gasteiger partial charge in [0.15, 0.2) is 0 Å². The molecule has 0 unspecified atom stereocenters. The average Bonchev–Trinajstić information content (AvgIpc) is 2.47. The first-order valence-electron chi connectivity index (χ1n) is 7.55. The zero-order chi connectivity index (χ0) is 15.3. The van der Waals surface area contributed by atoms with Gasteiger partial charge in [-0.3, -0.25) is 0 Å². The lowest BCUT2D eigenvalue weighted by molar-refractivity contribution is 0.209. The molecule has 0 bridgehead atoms. The van der Waals surface area contributed by atoms with E-state index in [-0.39, 0.29) is 4.90 Å². The van der Waals surface area contributed by atoms with E-state index in [0.717, 1.165) is 0 Å². The van der Waals surface area contributed by atoms with Gasteiger partial charge in [-0.05, 0) is 30.9 Å². The minimum atomic E-state index is -3.48. The predicted molar refractivity (Wildman–Crippen MR) is 83.8 cm³/mol. The van der Waals surface area contributed by atoms with Crippen LogP contribution in [0.25, 0.3) is 0 Å². The minimum Gasteiger partial charge on any atom is -0.491 e. The SMILES string of the molecule is CCNS(=O)(=O)c1ccc(N)c(OCC2CCCCC2)c1. The normalized spacial score (nSPS) is 16.8. The van der Waals surface area contributed by atoms with Crippen molar-refractivity contribution in [3.05, 3.63) is 18.2 Å². The first-order valence-corrected chi connectivity index (χ1v) is 9.03. The molecule has 118 valence electrons. The lowest BCUT2D eigenvalue weighted by atomic mass is 9.90. The Labute approximate surface area is 126 Å². The highest BCUT2D eigenvalue weighted by atomic mass is 32.2. The Morgan fingerprint density at radius 1 is 1.29 bits per heavy atom. The number of benzene rings is 1. The lowest BCUT2D eigenvalue weighted by Gasteiger charge is -2.22. The second-order valence-corrected chi connectivity index (χ2v) is 7.28. The summed E-state index contributed by atoms with van der Waals surface area (Å²) in [6.07, 6.45) is 6.15. The van der Waals surface area contributed by atoms with Gasteiger partial charge in [0, 0.05) is 12.6 Å².